The highest BCUT2D eigenvalue weighted by molar-refractivity contribution is 5.70. The van der Waals surface area contributed by atoms with Gasteiger partial charge in [0.25, 0.3) is 0 Å². The van der Waals surface area contributed by atoms with Crippen LogP contribution >= 0.6 is 0 Å². The lowest BCUT2D eigenvalue weighted by atomic mass is 9.33. The molecule has 0 aliphatic heterocycles. The highest BCUT2D eigenvalue weighted by Gasteiger charge is 2.68. The molecule has 0 spiro atoms. The fraction of sp³-hybridized carbons (Fsp3) is 0.769. The Hall–Kier alpha value is -1.77. The number of benzene rings is 1. The van der Waals surface area contributed by atoms with Gasteiger partial charge in [-0.05, 0) is 133 Å². The summed E-state index contributed by atoms with van der Waals surface area (Å²) in [5, 5.41) is 9.56. The zero-order valence-corrected chi connectivity index (χ0v) is 27.9. The minimum atomic E-state index is -0.0798. The van der Waals surface area contributed by atoms with Crippen LogP contribution in [0.4, 0.5) is 0 Å². The molecule has 0 saturated heterocycles. The molecular weight excluding hydrogens is 516 g/mol. The average molecular weight is 575 g/mol. The van der Waals surface area contributed by atoms with Crippen LogP contribution in [0.25, 0.3) is 0 Å². The number of carbonyl (C=O) groups is 1. The Bertz CT molecular complexity index is 1240. The van der Waals surface area contributed by atoms with E-state index in [-0.39, 0.29) is 28.7 Å². The molecule has 3 nitrogen and oxygen atoms in total. The Morgan fingerprint density at radius 1 is 0.857 bits per heavy atom. The van der Waals surface area contributed by atoms with Gasteiger partial charge in [-0.2, -0.15) is 0 Å². The van der Waals surface area contributed by atoms with Crippen molar-refractivity contribution in [2.24, 2.45) is 50.2 Å². The van der Waals surface area contributed by atoms with E-state index in [2.05, 4.69) is 61.5 Å². The van der Waals surface area contributed by atoms with Crippen molar-refractivity contribution in [1.82, 2.24) is 0 Å². The van der Waals surface area contributed by atoms with Crippen molar-refractivity contribution < 1.29 is 14.6 Å². The van der Waals surface area contributed by atoms with Crippen molar-refractivity contribution in [1.29, 1.82) is 0 Å². The van der Waals surface area contributed by atoms with E-state index in [1.165, 1.54) is 51.4 Å². The first-order chi connectivity index (χ1) is 19.5. The zero-order valence-electron chi connectivity index (χ0n) is 27.9. The van der Waals surface area contributed by atoms with E-state index >= 15 is 0 Å². The summed E-state index contributed by atoms with van der Waals surface area (Å²) in [5.74, 6) is 2.17. The molecule has 5 aliphatic carbocycles. The van der Waals surface area contributed by atoms with Crippen LogP contribution in [0.2, 0.25) is 0 Å². The third kappa shape index (κ3) is 4.52. The summed E-state index contributed by atoms with van der Waals surface area (Å²) in [4.78, 5) is 13.1. The molecule has 232 valence electrons. The van der Waals surface area contributed by atoms with Crippen LogP contribution in [0, 0.1) is 50.2 Å². The normalized spacial score (nSPS) is 43.6. The lowest BCUT2D eigenvalue weighted by Gasteiger charge is -2.71. The van der Waals surface area contributed by atoms with Crippen molar-refractivity contribution in [3.8, 4) is 5.75 Å². The minimum absolute atomic E-state index is 0.0163. The van der Waals surface area contributed by atoms with Gasteiger partial charge < -0.3 is 9.84 Å². The van der Waals surface area contributed by atoms with Crippen LogP contribution in [-0.2, 0) is 16.0 Å². The topological polar surface area (TPSA) is 46.5 Å². The number of hydrogen-bond donors (Lipinski definition) is 1. The van der Waals surface area contributed by atoms with Crippen molar-refractivity contribution in [3.05, 3.63) is 41.5 Å². The second-order valence-corrected chi connectivity index (χ2v) is 17.9. The van der Waals surface area contributed by atoms with E-state index in [1.54, 1.807) is 12.1 Å². The number of phenolic OH excluding ortho intramolecular Hbond substituents is 1. The van der Waals surface area contributed by atoms with Gasteiger partial charge in [0.1, 0.15) is 11.9 Å². The van der Waals surface area contributed by atoms with Gasteiger partial charge in [0.05, 0.1) is 0 Å². The molecule has 4 fully saturated rings. The molecule has 0 aromatic heterocycles. The summed E-state index contributed by atoms with van der Waals surface area (Å²) in [5.41, 5.74) is 4.70. The van der Waals surface area contributed by atoms with Crippen molar-refractivity contribution in [2.45, 2.75) is 139 Å². The van der Waals surface area contributed by atoms with Crippen LogP contribution in [0.1, 0.15) is 132 Å². The van der Waals surface area contributed by atoms with Crippen LogP contribution in [0.3, 0.4) is 0 Å². The highest BCUT2D eigenvalue weighted by Crippen LogP contribution is 2.75. The largest absolute Gasteiger partial charge is 0.508 e. The Balaban J connectivity index is 1.21. The number of aromatic hydroxyl groups is 1. The van der Waals surface area contributed by atoms with Gasteiger partial charge in [-0.15, -0.1) is 0 Å². The molecule has 0 amide bonds. The van der Waals surface area contributed by atoms with Gasteiger partial charge in [-0.3, -0.25) is 4.79 Å². The molecule has 42 heavy (non-hydrogen) atoms. The molecule has 0 radical (unpaired) electrons. The van der Waals surface area contributed by atoms with Gasteiger partial charge in [0, 0.05) is 11.8 Å². The molecule has 1 N–H and O–H groups in total. The van der Waals surface area contributed by atoms with E-state index in [1.807, 2.05) is 17.7 Å². The number of fused-ring (bicyclic) bond motifs is 7. The fourth-order valence-corrected chi connectivity index (χ4v) is 11.8. The molecule has 8 atom stereocenters. The first kappa shape index (κ1) is 30.3. The Labute approximate surface area is 256 Å². The SMILES string of the molecule is CC1(C)CCC2(C)CCC3(C)C(=CCC4C5(C)CCC(OC(=O)CCc6ccc(O)cc6)C(C)(C)C5CCC43C)C2C1. The number of allylic oxidation sites excluding steroid dienone is 2. The number of carbonyl (C=O) groups excluding carboxylic acids is 1. The molecule has 1 aromatic rings. The molecule has 5 aliphatic rings. The van der Waals surface area contributed by atoms with Crippen LogP contribution in [0.15, 0.2) is 35.9 Å². The highest BCUT2D eigenvalue weighted by atomic mass is 16.5. The van der Waals surface area contributed by atoms with Gasteiger partial charge >= 0.3 is 5.97 Å². The Morgan fingerprint density at radius 2 is 1.55 bits per heavy atom. The van der Waals surface area contributed by atoms with E-state index in [9.17, 15) is 9.90 Å². The third-order valence-corrected chi connectivity index (χ3v) is 14.8. The van der Waals surface area contributed by atoms with Gasteiger partial charge in [0.15, 0.2) is 0 Å². The summed E-state index contributed by atoms with van der Waals surface area (Å²) < 4.78 is 6.30. The number of ether oxygens (including phenoxy) is 1. The summed E-state index contributed by atoms with van der Waals surface area (Å²) in [7, 11) is 0. The van der Waals surface area contributed by atoms with Gasteiger partial charge in [-0.1, -0.05) is 79.2 Å². The van der Waals surface area contributed by atoms with Crippen LogP contribution in [0.5, 0.6) is 5.75 Å². The Kier molecular flexibility index (Phi) is 7.11. The smallest absolute Gasteiger partial charge is 0.306 e. The fourth-order valence-electron chi connectivity index (χ4n) is 11.8. The summed E-state index contributed by atoms with van der Waals surface area (Å²) in [6.07, 6.45) is 16.6. The first-order valence-corrected chi connectivity index (χ1v) is 17.2. The maximum absolute atomic E-state index is 13.1. The predicted octanol–water partition coefficient (Wildman–Crippen LogP) is 10.1. The van der Waals surface area contributed by atoms with Gasteiger partial charge in [-0.25, -0.2) is 0 Å². The zero-order chi connectivity index (χ0) is 30.3. The summed E-state index contributed by atoms with van der Waals surface area (Å²) in [6.45, 7) is 20.5. The van der Waals surface area contributed by atoms with Crippen molar-refractivity contribution in [2.75, 3.05) is 0 Å². The van der Waals surface area contributed by atoms with Gasteiger partial charge in [0.2, 0.25) is 0 Å². The molecule has 0 heterocycles. The monoisotopic (exact) mass is 574 g/mol. The average Bonchev–Trinajstić information content (AvgIpc) is 2.91. The lowest BCUT2D eigenvalue weighted by Crippen LogP contribution is -2.64. The van der Waals surface area contributed by atoms with Crippen molar-refractivity contribution in [3.63, 3.8) is 0 Å². The molecule has 1 aromatic carbocycles. The molecule has 4 saturated carbocycles. The van der Waals surface area contributed by atoms with Crippen LogP contribution in [-0.4, -0.2) is 17.2 Å². The first-order valence-electron chi connectivity index (χ1n) is 17.2. The number of aryl methyl sites for hydroxylation is 1. The van der Waals surface area contributed by atoms with E-state index in [0.717, 1.165) is 24.3 Å². The summed E-state index contributed by atoms with van der Waals surface area (Å²) >= 11 is 0. The second-order valence-electron chi connectivity index (χ2n) is 17.9. The number of esters is 1. The molecule has 0 bridgehead atoms. The van der Waals surface area contributed by atoms with Crippen molar-refractivity contribution >= 4 is 5.97 Å². The number of phenols is 1. The second kappa shape index (κ2) is 9.87. The molecular formula is C39H58O3. The standard InChI is InChI=1S/C39H58O3/c1-34(2)21-22-36(5)23-24-38(7)28(29(36)25-34)14-15-31-37(6)19-18-32(35(3,4)30(37)17-20-39(31,38)8)42-33(41)16-11-26-9-12-27(40)13-10-26/h9-10,12-14,29-32,40H,11,15-25H2,1-8H3. The number of rotatable bonds is 4. The third-order valence-electron chi connectivity index (χ3n) is 14.8. The van der Waals surface area contributed by atoms with E-state index in [0.29, 0.717) is 46.3 Å². The predicted molar refractivity (Wildman–Crippen MR) is 171 cm³/mol. The molecule has 6 rings (SSSR count). The Morgan fingerprint density at radius 3 is 2.26 bits per heavy atom. The quantitative estimate of drug-likeness (QED) is 0.287. The maximum atomic E-state index is 13.1. The van der Waals surface area contributed by atoms with E-state index in [4.69, 9.17) is 4.74 Å². The maximum Gasteiger partial charge on any atom is 0.306 e. The molecule has 3 heteroatoms. The lowest BCUT2D eigenvalue weighted by molar-refractivity contribution is -0.212. The minimum Gasteiger partial charge on any atom is -0.508 e. The summed E-state index contributed by atoms with van der Waals surface area (Å²) in [6, 6.07) is 7.16. The molecule has 8 unspecified atom stereocenters. The number of hydrogen-bond acceptors (Lipinski definition) is 3. The van der Waals surface area contributed by atoms with E-state index < -0.39 is 0 Å². The van der Waals surface area contributed by atoms with Crippen LogP contribution < -0.4 is 0 Å².